The molecule has 1 unspecified atom stereocenters. The average molecular weight is 1720 g/mol. The van der Waals surface area contributed by atoms with Crippen LogP contribution in [-0.2, 0) is 78.4 Å². The first-order chi connectivity index (χ1) is 59.2. The number of hydrogen-bond donors (Lipinski definition) is 0. The van der Waals surface area contributed by atoms with Crippen LogP contribution in [0.3, 0.4) is 0 Å². The Hall–Kier alpha value is -10.6. The molecule has 5 aliphatic rings. The SMILES string of the molecule is CC(C)c1cc(CC(=O)C2(C#N)CC2)ccc1F.CC(C)c1cc(CC(=O)C2(C)CC2)ccc1F.CC(C)c1cc(CC(=O)C2CCC2)ccc1F.CC(C)c1cc(CC(=O)C2CCO2)ccc1F.CC(C)c1cc(CC(=O)[C@H]2CCCO2)ccc1F.CC(C)c1cc(CC(=O)c2cocn2)ccc1F.Cc1cnc(C(=O)Cc2ccc(F)c(C(C)C)c2)cn1. The van der Waals surface area contributed by atoms with Gasteiger partial charge in [-0.15, -0.1) is 0 Å². The molecule has 0 amide bonds. The van der Waals surface area contributed by atoms with Gasteiger partial charge >= 0.3 is 0 Å². The molecule has 4 heterocycles. The van der Waals surface area contributed by atoms with Crippen molar-refractivity contribution in [2.75, 3.05) is 13.2 Å². The van der Waals surface area contributed by atoms with Crippen LogP contribution in [0.15, 0.2) is 157 Å². The smallest absolute Gasteiger partial charge is 0.188 e. The van der Waals surface area contributed by atoms with Gasteiger partial charge in [0, 0.05) is 75.5 Å². The van der Waals surface area contributed by atoms with Crippen molar-refractivity contribution in [2.45, 2.75) is 274 Å². The van der Waals surface area contributed by atoms with E-state index in [4.69, 9.17) is 19.2 Å². The monoisotopic (exact) mass is 1720 g/mol. The van der Waals surface area contributed by atoms with Gasteiger partial charge in [-0.1, -0.05) is 195 Å². The molecule has 2 atom stereocenters. The molecule has 0 spiro atoms. The van der Waals surface area contributed by atoms with E-state index in [2.05, 4.69) is 21.0 Å². The second-order valence-electron chi connectivity index (χ2n) is 35.9. The summed E-state index contributed by atoms with van der Waals surface area (Å²) < 4.78 is 110. The Morgan fingerprint density at radius 1 is 0.384 bits per heavy atom. The lowest BCUT2D eigenvalue weighted by atomic mass is 9.80. The Morgan fingerprint density at radius 2 is 0.704 bits per heavy atom. The fraction of sp³-hybridized carbons (Fsp3) is 0.452. The number of halogens is 7. The lowest BCUT2D eigenvalue weighted by Gasteiger charge is -2.25. The summed E-state index contributed by atoms with van der Waals surface area (Å²) in [6.07, 6.45) is 16.5. The van der Waals surface area contributed by atoms with Gasteiger partial charge in [0.2, 0.25) is 0 Å². The van der Waals surface area contributed by atoms with Gasteiger partial charge < -0.3 is 13.9 Å². The van der Waals surface area contributed by atoms with Crippen molar-refractivity contribution in [3.05, 3.63) is 288 Å². The predicted octanol–water partition coefficient (Wildman–Crippen LogP) is 24.0. The maximum atomic E-state index is 13.6. The van der Waals surface area contributed by atoms with Crippen LogP contribution < -0.4 is 0 Å². The number of benzene rings is 7. The van der Waals surface area contributed by atoms with Crippen molar-refractivity contribution in [1.82, 2.24) is 15.0 Å². The van der Waals surface area contributed by atoms with E-state index in [1.165, 1.54) is 67.7 Å². The van der Waals surface area contributed by atoms with Crippen LogP contribution >= 0.6 is 0 Å². The Labute approximate surface area is 732 Å². The summed E-state index contributed by atoms with van der Waals surface area (Å²) >= 11 is 0. The fourth-order valence-electron chi connectivity index (χ4n) is 14.3. The maximum Gasteiger partial charge on any atom is 0.188 e. The molecule has 14 rings (SSSR count). The van der Waals surface area contributed by atoms with Crippen LogP contribution in [0.5, 0.6) is 0 Å². The molecule has 2 aromatic heterocycles. The molecule has 0 radical (unpaired) electrons. The van der Waals surface area contributed by atoms with E-state index >= 15 is 0 Å². The number of hydrogen-bond acceptors (Lipinski definition) is 14. The molecule has 0 bridgehead atoms. The molecule has 9 aromatic rings. The third-order valence-corrected chi connectivity index (χ3v) is 23.2. The second kappa shape index (κ2) is 46.6. The van der Waals surface area contributed by atoms with Crippen molar-refractivity contribution in [3.63, 3.8) is 0 Å². The van der Waals surface area contributed by atoms with Gasteiger partial charge in [0.05, 0.1) is 24.6 Å². The Morgan fingerprint density at radius 3 is 0.968 bits per heavy atom. The van der Waals surface area contributed by atoms with Crippen molar-refractivity contribution in [3.8, 4) is 6.07 Å². The largest absolute Gasteiger partial charge is 0.451 e. The number of aryl methyl sites for hydroxylation is 1. The second-order valence-corrected chi connectivity index (χ2v) is 35.9. The number of nitriles is 1. The summed E-state index contributed by atoms with van der Waals surface area (Å²) in [5.74, 6) is 0.200. The summed E-state index contributed by atoms with van der Waals surface area (Å²) in [7, 11) is 0. The van der Waals surface area contributed by atoms with E-state index in [1.807, 2.05) is 123 Å². The van der Waals surface area contributed by atoms with Crippen molar-refractivity contribution >= 4 is 40.5 Å². The maximum absolute atomic E-state index is 13.6. The van der Waals surface area contributed by atoms with Crippen molar-refractivity contribution in [2.24, 2.45) is 16.7 Å². The van der Waals surface area contributed by atoms with E-state index in [0.29, 0.717) is 114 Å². The molecule has 2 aliphatic heterocycles. The minimum absolute atomic E-state index is 0.0358. The molecule has 14 nitrogen and oxygen atoms in total. The van der Waals surface area contributed by atoms with Crippen LogP contribution in [0.1, 0.15) is 314 Å². The van der Waals surface area contributed by atoms with Crippen LogP contribution in [0.4, 0.5) is 30.7 Å². The van der Waals surface area contributed by atoms with Gasteiger partial charge in [-0.3, -0.25) is 38.5 Å². The van der Waals surface area contributed by atoms with Gasteiger partial charge in [-0.25, -0.2) is 40.7 Å². The van der Waals surface area contributed by atoms with Crippen LogP contribution in [-0.4, -0.2) is 80.9 Å². The quantitative estimate of drug-likeness (QED) is 0.0330. The highest BCUT2D eigenvalue weighted by atomic mass is 19.2. The number of ether oxygens (including phenoxy) is 2. The molecule has 3 aliphatic carbocycles. The highest BCUT2D eigenvalue weighted by Gasteiger charge is 2.50. The minimum atomic E-state index is -0.744. The summed E-state index contributed by atoms with van der Waals surface area (Å²) in [6.45, 7) is 32.4. The van der Waals surface area contributed by atoms with Crippen molar-refractivity contribution in [1.29, 1.82) is 5.26 Å². The first kappa shape index (κ1) is 99.9. The molecule has 125 heavy (non-hydrogen) atoms. The Bertz CT molecular complexity index is 5140. The van der Waals surface area contributed by atoms with Crippen LogP contribution in [0, 0.1) is 75.7 Å². The highest BCUT2D eigenvalue weighted by molar-refractivity contribution is 5.96. The topological polar surface area (TPSA) is 214 Å². The predicted molar refractivity (Wildman–Crippen MR) is 472 cm³/mol. The van der Waals surface area contributed by atoms with E-state index in [9.17, 15) is 64.3 Å². The summed E-state index contributed by atoms with van der Waals surface area (Å²) in [6, 6.07) is 36.4. The number of Topliss-reactive ketones (excluding diaryl/α,β-unsaturated/α-hetero) is 7. The van der Waals surface area contributed by atoms with Gasteiger partial charge in [0.25, 0.3) is 0 Å². The molecule has 7 aromatic carbocycles. The third-order valence-electron chi connectivity index (χ3n) is 23.2. The number of rotatable bonds is 28. The standard InChI is InChI=1S/C16H17FN2O.C15H16FNO.C15H19FO2.2C15H19FO.C14H14FNO2.C14H17FO2/c1-10(2)13-6-12(4-5-14(13)17)7-16(20)15-9-18-11(3)8-19-15;1-10(2)12-7-11(3-4-13(12)16)8-14(18)15(9-17)5-6-15;1-10(2)12-8-11(5-6-13(12)16)9-14(17)15-4-3-7-18-15;1-10(2)12-8-11(4-5-13(12)16)9-14(17)15(3)6-7-15;1-10(2)13-8-11(6-7-14(13)16)9-15(17)12-4-3-5-12;1-9(2)11-5-10(3-4-12(11)15)6-14(17)13-7-18-8-16-13;1-9(2)11-7-10(3-4-12(11)15)8-13(16)14-5-6-17-14/h4-6,8-10H,7H2,1-3H3;3-4,7,10H,5-6,8H2,1-2H3;5-6,8,10,15H,3-4,7,9H2,1-2H3;4-5,8,10H,6-7,9H2,1-3H3;6-8,10,12H,3-5,9H2,1-2H3;3-5,7-9H,6H2,1-2H3;3-4,7,9,14H,5-6,8H2,1-2H3/t;;15-;;;;/m..1..../s1. The molecular weight excluding hydrogens is 1600 g/mol. The van der Waals surface area contributed by atoms with Gasteiger partial charge in [-0.05, 0) is 220 Å². The van der Waals surface area contributed by atoms with Gasteiger partial charge in [0.15, 0.2) is 35.3 Å². The molecule has 2 saturated heterocycles. The molecule has 5 fully saturated rings. The van der Waals surface area contributed by atoms with Crippen molar-refractivity contribution < 1.29 is 78.2 Å². The lowest BCUT2D eigenvalue weighted by molar-refractivity contribution is -0.141. The molecule has 3 saturated carbocycles. The molecule has 21 heteroatoms. The molecule has 0 N–H and O–H groups in total. The van der Waals surface area contributed by atoms with Crippen LogP contribution in [0.25, 0.3) is 0 Å². The first-order valence-corrected chi connectivity index (χ1v) is 43.7. The summed E-state index contributed by atoms with van der Waals surface area (Å²) in [4.78, 5) is 95.4. The number of carbonyl (C=O) groups is 7. The molecular formula is C104H121F7N4O10. The van der Waals surface area contributed by atoms with E-state index in [0.717, 1.165) is 89.6 Å². The zero-order valence-electron chi connectivity index (χ0n) is 75.2. The van der Waals surface area contributed by atoms with E-state index in [-0.39, 0.29) is 154 Å². The first-order valence-electron chi connectivity index (χ1n) is 43.7. The average Bonchev–Trinajstić information content (AvgIpc) is 1.67. The summed E-state index contributed by atoms with van der Waals surface area (Å²) in [5.41, 5.74) is 11.2. The third kappa shape index (κ3) is 29.8. The highest BCUT2D eigenvalue weighted by Crippen LogP contribution is 2.47. The zero-order valence-corrected chi connectivity index (χ0v) is 75.2. The normalized spacial score (nSPS) is 15.6. The fourth-order valence-corrected chi connectivity index (χ4v) is 14.3. The van der Waals surface area contributed by atoms with E-state index in [1.54, 1.807) is 79.0 Å². The minimum Gasteiger partial charge on any atom is -0.451 e. The van der Waals surface area contributed by atoms with Gasteiger partial charge in [0.1, 0.15) is 87.6 Å². The number of carbonyl (C=O) groups excluding carboxylic acids is 7. The lowest BCUT2D eigenvalue weighted by Crippen LogP contribution is -2.35. The Balaban J connectivity index is 0.000000181. The zero-order chi connectivity index (χ0) is 91.7. The van der Waals surface area contributed by atoms with E-state index < -0.39 is 5.41 Å². The Kier molecular flexibility index (Phi) is 37.2. The van der Waals surface area contributed by atoms with Gasteiger partial charge in [-0.2, -0.15) is 5.26 Å². The summed E-state index contributed by atoms with van der Waals surface area (Å²) in [5, 5.41) is 8.96. The van der Waals surface area contributed by atoms with Crippen LogP contribution in [0.2, 0.25) is 0 Å². The number of ketones is 7. The number of aromatic nitrogens is 3. The number of oxazole rings is 1. The number of nitrogens with zero attached hydrogens (tertiary/aromatic N) is 4. The molecule has 666 valence electrons.